The third-order valence-corrected chi connectivity index (χ3v) is 2.04. The van der Waals surface area contributed by atoms with E-state index in [1.54, 1.807) is 0 Å². The first kappa shape index (κ1) is 9.79. The van der Waals surface area contributed by atoms with E-state index in [0.29, 0.717) is 11.3 Å². The van der Waals surface area contributed by atoms with Crippen LogP contribution in [0.3, 0.4) is 0 Å². The van der Waals surface area contributed by atoms with Crippen molar-refractivity contribution in [1.82, 2.24) is 15.3 Å². The SMILES string of the molecule is O=C(OC1=CCNCC1)c1cncnc1. The molecule has 1 aliphatic heterocycles. The van der Waals surface area contributed by atoms with Crippen molar-refractivity contribution < 1.29 is 9.53 Å². The Labute approximate surface area is 87.2 Å². The Morgan fingerprint density at radius 1 is 1.40 bits per heavy atom. The van der Waals surface area contributed by atoms with Gasteiger partial charge in [-0.05, 0) is 6.08 Å². The molecular formula is C10H11N3O2. The Bertz CT molecular complexity index is 376. The zero-order valence-corrected chi connectivity index (χ0v) is 8.14. The van der Waals surface area contributed by atoms with Crippen molar-refractivity contribution in [2.24, 2.45) is 0 Å². The third-order valence-electron chi connectivity index (χ3n) is 2.04. The summed E-state index contributed by atoms with van der Waals surface area (Å²) in [5.74, 6) is 0.311. The van der Waals surface area contributed by atoms with Crippen LogP contribution in [0.15, 0.2) is 30.6 Å². The maximum absolute atomic E-state index is 11.5. The number of rotatable bonds is 2. The molecule has 0 aliphatic carbocycles. The van der Waals surface area contributed by atoms with E-state index < -0.39 is 5.97 Å². The van der Waals surface area contributed by atoms with Crippen molar-refractivity contribution in [2.45, 2.75) is 6.42 Å². The van der Waals surface area contributed by atoms with Gasteiger partial charge in [0, 0.05) is 31.9 Å². The second-order valence-corrected chi connectivity index (χ2v) is 3.14. The summed E-state index contributed by atoms with van der Waals surface area (Å²) in [6.45, 7) is 1.58. The summed E-state index contributed by atoms with van der Waals surface area (Å²) >= 11 is 0. The number of hydrogen-bond acceptors (Lipinski definition) is 5. The second-order valence-electron chi connectivity index (χ2n) is 3.14. The van der Waals surface area contributed by atoms with Gasteiger partial charge in [0.05, 0.1) is 5.56 Å². The number of carbonyl (C=O) groups is 1. The zero-order valence-electron chi connectivity index (χ0n) is 8.14. The first-order chi connectivity index (χ1) is 7.36. The van der Waals surface area contributed by atoms with Gasteiger partial charge in [0.25, 0.3) is 0 Å². The molecule has 2 rings (SSSR count). The molecule has 5 nitrogen and oxygen atoms in total. The molecule has 0 radical (unpaired) electrons. The Morgan fingerprint density at radius 3 is 2.87 bits per heavy atom. The van der Waals surface area contributed by atoms with E-state index in [9.17, 15) is 4.79 Å². The summed E-state index contributed by atoms with van der Waals surface area (Å²) in [7, 11) is 0. The minimum atomic E-state index is -0.399. The summed E-state index contributed by atoms with van der Waals surface area (Å²) in [6.07, 6.45) is 6.86. The molecule has 0 spiro atoms. The van der Waals surface area contributed by atoms with Crippen molar-refractivity contribution in [3.05, 3.63) is 36.1 Å². The molecule has 1 aromatic rings. The number of carbonyl (C=O) groups excluding carboxylic acids is 1. The average Bonchev–Trinajstić information content (AvgIpc) is 2.31. The van der Waals surface area contributed by atoms with Crippen LogP contribution in [0.4, 0.5) is 0 Å². The van der Waals surface area contributed by atoms with E-state index in [1.165, 1.54) is 18.7 Å². The third kappa shape index (κ3) is 2.60. The van der Waals surface area contributed by atoms with Crippen molar-refractivity contribution in [3.63, 3.8) is 0 Å². The molecule has 0 bridgehead atoms. The molecule has 0 amide bonds. The van der Waals surface area contributed by atoms with Gasteiger partial charge in [-0.3, -0.25) is 0 Å². The van der Waals surface area contributed by atoms with E-state index in [2.05, 4.69) is 15.3 Å². The molecule has 0 fully saturated rings. The highest BCUT2D eigenvalue weighted by atomic mass is 16.5. The predicted molar refractivity (Wildman–Crippen MR) is 53.0 cm³/mol. The van der Waals surface area contributed by atoms with Crippen LogP contribution in [-0.2, 0) is 4.74 Å². The molecular weight excluding hydrogens is 194 g/mol. The highest BCUT2D eigenvalue weighted by Crippen LogP contribution is 2.09. The Kier molecular flexibility index (Phi) is 3.04. The topological polar surface area (TPSA) is 64.1 Å². The number of nitrogens with one attached hydrogen (secondary N) is 1. The molecule has 1 aliphatic rings. The standard InChI is InChI=1S/C10H11N3O2/c14-10(8-5-12-7-13-6-8)15-9-1-3-11-4-2-9/h1,5-7,11H,2-4H2. The summed E-state index contributed by atoms with van der Waals surface area (Å²) in [5, 5.41) is 3.14. The molecule has 5 heteroatoms. The van der Waals surface area contributed by atoms with Crippen LogP contribution in [0.25, 0.3) is 0 Å². The highest BCUT2D eigenvalue weighted by Gasteiger charge is 2.12. The lowest BCUT2D eigenvalue weighted by Crippen LogP contribution is -2.22. The van der Waals surface area contributed by atoms with Gasteiger partial charge in [0.2, 0.25) is 0 Å². The van der Waals surface area contributed by atoms with E-state index in [0.717, 1.165) is 19.5 Å². The highest BCUT2D eigenvalue weighted by molar-refractivity contribution is 5.89. The second kappa shape index (κ2) is 4.65. The first-order valence-corrected chi connectivity index (χ1v) is 4.73. The number of hydrogen-bond donors (Lipinski definition) is 1. The number of esters is 1. The van der Waals surface area contributed by atoms with Gasteiger partial charge in [-0.15, -0.1) is 0 Å². The van der Waals surface area contributed by atoms with E-state index >= 15 is 0 Å². The molecule has 0 aromatic carbocycles. The lowest BCUT2D eigenvalue weighted by Gasteiger charge is -2.13. The van der Waals surface area contributed by atoms with E-state index in [1.807, 2.05) is 6.08 Å². The monoisotopic (exact) mass is 205 g/mol. The first-order valence-electron chi connectivity index (χ1n) is 4.73. The molecule has 0 atom stereocenters. The number of aromatic nitrogens is 2. The Morgan fingerprint density at radius 2 is 2.20 bits per heavy atom. The minimum Gasteiger partial charge on any atom is -0.428 e. The minimum absolute atomic E-state index is 0.372. The van der Waals surface area contributed by atoms with Crippen molar-refractivity contribution in [2.75, 3.05) is 13.1 Å². The number of nitrogens with zero attached hydrogens (tertiary/aromatic N) is 2. The van der Waals surface area contributed by atoms with Gasteiger partial charge in [-0.25, -0.2) is 14.8 Å². The van der Waals surface area contributed by atoms with Crippen LogP contribution in [0.5, 0.6) is 0 Å². The Hall–Kier alpha value is -1.75. The molecule has 0 unspecified atom stereocenters. The molecule has 2 heterocycles. The predicted octanol–water partition coefficient (Wildman–Crippen LogP) is 0.511. The van der Waals surface area contributed by atoms with Gasteiger partial charge < -0.3 is 10.1 Å². The maximum atomic E-state index is 11.5. The lowest BCUT2D eigenvalue weighted by atomic mass is 10.2. The molecule has 0 saturated heterocycles. The fourth-order valence-corrected chi connectivity index (χ4v) is 1.28. The van der Waals surface area contributed by atoms with Gasteiger partial charge in [-0.2, -0.15) is 0 Å². The fraction of sp³-hybridized carbons (Fsp3) is 0.300. The largest absolute Gasteiger partial charge is 0.428 e. The molecule has 78 valence electrons. The summed E-state index contributed by atoms with van der Waals surface area (Å²) in [6, 6.07) is 0. The van der Waals surface area contributed by atoms with Crippen LogP contribution >= 0.6 is 0 Å². The molecule has 1 N–H and O–H groups in total. The van der Waals surface area contributed by atoms with E-state index in [-0.39, 0.29) is 0 Å². The van der Waals surface area contributed by atoms with Gasteiger partial charge in [0.15, 0.2) is 0 Å². The van der Waals surface area contributed by atoms with Crippen LogP contribution in [0.2, 0.25) is 0 Å². The fourth-order valence-electron chi connectivity index (χ4n) is 1.28. The van der Waals surface area contributed by atoms with E-state index in [4.69, 9.17) is 4.74 Å². The van der Waals surface area contributed by atoms with Crippen molar-refractivity contribution in [3.8, 4) is 0 Å². The molecule has 0 saturated carbocycles. The normalized spacial score (nSPS) is 15.6. The van der Waals surface area contributed by atoms with Gasteiger partial charge in [-0.1, -0.05) is 0 Å². The Balaban J connectivity index is 2.01. The van der Waals surface area contributed by atoms with Crippen molar-refractivity contribution in [1.29, 1.82) is 0 Å². The van der Waals surface area contributed by atoms with Gasteiger partial charge >= 0.3 is 5.97 Å². The summed E-state index contributed by atoms with van der Waals surface area (Å²) in [4.78, 5) is 19.1. The van der Waals surface area contributed by atoms with Gasteiger partial charge in [0.1, 0.15) is 12.1 Å². The van der Waals surface area contributed by atoms with Crippen molar-refractivity contribution >= 4 is 5.97 Å². The summed E-state index contributed by atoms with van der Waals surface area (Å²) < 4.78 is 5.18. The molecule has 15 heavy (non-hydrogen) atoms. The maximum Gasteiger partial charge on any atom is 0.346 e. The zero-order chi connectivity index (χ0) is 10.5. The van der Waals surface area contributed by atoms with Crippen LogP contribution in [0.1, 0.15) is 16.8 Å². The lowest BCUT2D eigenvalue weighted by molar-refractivity contribution is 0.0609. The average molecular weight is 205 g/mol. The van der Waals surface area contributed by atoms with Crippen LogP contribution < -0.4 is 5.32 Å². The quantitative estimate of drug-likeness (QED) is 0.713. The summed E-state index contributed by atoms with van der Waals surface area (Å²) in [5.41, 5.74) is 0.372. The van der Waals surface area contributed by atoms with Crippen LogP contribution in [0, 0.1) is 0 Å². The van der Waals surface area contributed by atoms with Crippen LogP contribution in [-0.4, -0.2) is 29.0 Å². The molecule has 1 aromatic heterocycles. The smallest absolute Gasteiger partial charge is 0.346 e. The number of ether oxygens (including phenoxy) is 1.